The maximum Gasteiger partial charge on any atom is 0.266 e. The highest BCUT2D eigenvalue weighted by Crippen LogP contribution is 2.48. The molecule has 2 amide bonds. The van der Waals surface area contributed by atoms with Gasteiger partial charge in [-0.3, -0.25) is 14.4 Å². The van der Waals surface area contributed by atoms with Crippen LogP contribution in [0.3, 0.4) is 0 Å². The molecule has 0 aliphatic carbocycles. The van der Waals surface area contributed by atoms with Gasteiger partial charge in [-0.2, -0.15) is 0 Å². The Hall–Kier alpha value is -2.87. The fourth-order valence-corrected chi connectivity index (χ4v) is 4.95. The number of carbonyl (C=O) groups excluding carboxylic acids is 2. The topological polar surface area (TPSA) is 59.1 Å². The second kappa shape index (κ2) is 8.24. The molecule has 0 bridgehead atoms. The lowest BCUT2D eigenvalue weighted by molar-refractivity contribution is -0.126. The Labute approximate surface area is 198 Å². The van der Waals surface area contributed by atoms with Crippen molar-refractivity contribution >= 4 is 50.7 Å². The zero-order valence-corrected chi connectivity index (χ0v) is 19.3. The van der Waals surface area contributed by atoms with Crippen molar-refractivity contribution in [1.29, 1.82) is 0 Å². The zero-order valence-electron chi connectivity index (χ0n) is 16.9. The van der Waals surface area contributed by atoms with Crippen molar-refractivity contribution in [2.75, 3.05) is 17.1 Å². The molecule has 0 saturated carbocycles. The van der Waals surface area contributed by atoms with Crippen molar-refractivity contribution < 1.29 is 19.2 Å². The van der Waals surface area contributed by atoms with Crippen LogP contribution in [0.4, 0.5) is 11.4 Å². The number of halogens is 2. The van der Waals surface area contributed by atoms with Crippen LogP contribution in [0, 0.1) is 5.92 Å². The molecule has 2 heterocycles. The zero-order chi connectivity index (χ0) is 22.4. The van der Waals surface area contributed by atoms with Crippen molar-refractivity contribution in [3.05, 3.63) is 87.9 Å². The van der Waals surface area contributed by atoms with Crippen molar-refractivity contribution in [3.63, 3.8) is 0 Å². The number of hydrogen-bond donors (Lipinski definition) is 0. The molecule has 2 aliphatic rings. The van der Waals surface area contributed by atoms with Crippen LogP contribution in [-0.4, -0.2) is 25.0 Å². The molecule has 8 heteroatoms. The summed E-state index contributed by atoms with van der Waals surface area (Å²) >= 11 is 9.51. The highest BCUT2D eigenvalue weighted by atomic mass is 79.9. The predicted octanol–water partition coefficient (Wildman–Crippen LogP) is 5.16. The first-order valence-electron chi connectivity index (χ1n) is 9.97. The van der Waals surface area contributed by atoms with Crippen molar-refractivity contribution in [1.82, 2.24) is 0 Å². The quantitative estimate of drug-likeness (QED) is 0.451. The van der Waals surface area contributed by atoms with Gasteiger partial charge in [0.05, 0.1) is 29.0 Å². The van der Waals surface area contributed by atoms with Crippen LogP contribution >= 0.6 is 27.5 Å². The smallest absolute Gasteiger partial charge is 0.266 e. The van der Waals surface area contributed by atoms with Crippen LogP contribution in [0.15, 0.2) is 77.3 Å². The maximum atomic E-state index is 13.6. The van der Waals surface area contributed by atoms with Gasteiger partial charge >= 0.3 is 0 Å². The number of nitrogens with zero attached hydrogens (tertiary/aromatic N) is 2. The van der Waals surface area contributed by atoms with E-state index in [0.29, 0.717) is 16.5 Å². The van der Waals surface area contributed by atoms with E-state index < -0.39 is 24.0 Å². The summed E-state index contributed by atoms with van der Waals surface area (Å²) in [5.41, 5.74) is 2.06. The number of para-hydroxylation sites is 1. The fraction of sp³-hybridized carbons (Fsp3) is 0.167. The summed E-state index contributed by atoms with van der Waals surface area (Å²) in [6, 6.07) is 21.2. The van der Waals surface area contributed by atoms with Gasteiger partial charge in [-0.25, -0.2) is 9.96 Å². The van der Waals surface area contributed by atoms with Gasteiger partial charge in [0, 0.05) is 5.02 Å². The summed E-state index contributed by atoms with van der Waals surface area (Å²) < 4.78 is 6.10. The molecular formula is C24H18BrClN2O4. The Morgan fingerprint density at radius 3 is 2.31 bits per heavy atom. The molecule has 3 aromatic carbocycles. The largest absolute Gasteiger partial charge is 0.496 e. The Morgan fingerprint density at radius 1 is 0.938 bits per heavy atom. The van der Waals surface area contributed by atoms with E-state index in [1.165, 1.54) is 4.90 Å². The lowest BCUT2D eigenvalue weighted by atomic mass is 9.90. The van der Waals surface area contributed by atoms with Gasteiger partial charge in [-0.15, -0.1) is 0 Å². The number of imide groups is 1. The van der Waals surface area contributed by atoms with E-state index in [1.54, 1.807) is 36.4 Å². The molecule has 0 radical (unpaired) electrons. The van der Waals surface area contributed by atoms with E-state index in [1.807, 2.05) is 48.5 Å². The molecule has 2 saturated heterocycles. The molecule has 0 aromatic heterocycles. The molecule has 2 aliphatic heterocycles. The van der Waals surface area contributed by atoms with E-state index in [4.69, 9.17) is 21.2 Å². The van der Waals surface area contributed by atoms with Gasteiger partial charge in [-0.05, 0) is 70.0 Å². The van der Waals surface area contributed by atoms with E-state index in [9.17, 15) is 9.59 Å². The highest BCUT2D eigenvalue weighted by Gasteiger charge is 2.60. The van der Waals surface area contributed by atoms with E-state index in [0.717, 1.165) is 15.7 Å². The van der Waals surface area contributed by atoms with Gasteiger partial charge in [0.25, 0.3) is 5.91 Å². The van der Waals surface area contributed by atoms with Crippen LogP contribution in [-0.2, 0) is 14.4 Å². The Balaban J connectivity index is 1.59. The SMILES string of the molecule is COc1ccc([C@@H]2[C@@H]3C(=O)N(c4ccc(Cl)cc4)C(=O)[C@H]3ON2c2ccccc2)cc1Br. The van der Waals surface area contributed by atoms with Crippen LogP contribution in [0.25, 0.3) is 0 Å². The second-order valence-electron chi connectivity index (χ2n) is 7.54. The number of anilines is 2. The van der Waals surface area contributed by atoms with Crippen molar-refractivity contribution in [2.24, 2.45) is 5.92 Å². The molecule has 3 aromatic rings. The van der Waals surface area contributed by atoms with Gasteiger partial charge < -0.3 is 4.74 Å². The van der Waals surface area contributed by atoms with Gasteiger partial charge in [0.15, 0.2) is 6.10 Å². The summed E-state index contributed by atoms with van der Waals surface area (Å²) in [6.45, 7) is 0. The summed E-state index contributed by atoms with van der Waals surface area (Å²) in [7, 11) is 1.59. The third-order valence-electron chi connectivity index (χ3n) is 5.73. The molecule has 5 rings (SSSR count). The number of hydrogen-bond acceptors (Lipinski definition) is 5. The minimum Gasteiger partial charge on any atom is -0.496 e. The van der Waals surface area contributed by atoms with Crippen molar-refractivity contribution in [2.45, 2.75) is 12.1 Å². The minimum absolute atomic E-state index is 0.308. The third-order valence-corrected chi connectivity index (χ3v) is 6.60. The standard InChI is InChI=1S/C24H18BrClN2O4/c1-31-19-12-7-14(13-18(19)25)21-20-22(32-28(21)17-5-3-2-4-6-17)24(30)27(23(20)29)16-10-8-15(26)9-11-16/h2-13,20-22H,1H3/t20-,21+,22-/m0/s1. The molecular weight excluding hydrogens is 496 g/mol. The first kappa shape index (κ1) is 21.0. The first-order chi connectivity index (χ1) is 15.5. The van der Waals surface area contributed by atoms with Gasteiger partial charge in [-0.1, -0.05) is 35.9 Å². The first-order valence-corrected chi connectivity index (χ1v) is 11.1. The number of amides is 2. The van der Waals surface area contributed by atoms with Crippen molar-refractivity contribution in [3.8, 4) is 5.75 Å². The van der Waals surface area contributed by atoms with Crippen LogP contribution in [0.2, 0.25) is 5.02 Å². The molecule has 2 fully saturated rings. The highest BCUT2D eigenvalue weighted by molar-refractivity contribution is 9.10. The molecule has 0 N–H and O–H groups in total. The Morgan fingerprint density at radius 2 is 1.66 bits per heavy atom. The molecule has 0 unspecified atom stereocenters. The summed E-state index contributed by atoms with van der Waals surface area (Å²) in [4.78, 5) is 34.2. The number of hydroxylamine groups is 1. The molecule has 6 nitrogen and oxygen atoms in total. The van der Waals surface area contributed by atoms with E-state index in [2.05, 4.69) is 15.9 Å². The summed E-state index contributed by atoms with van der Waals surface area (Å²) in [6.07, 6.45) is -0.927. The minimum atomic E-state index is -0.927. The maximum absolute atomic E-state index is 13.6. The normalized spacial score (nSPS) is 22.4. The second-order valence-corrected chi connectivity index (χ2v) is 8.83. The third kappa shape index (κ3) is 3.37. The predicted molar refractivity (Wildman–Crippen MR) is 125 cm³/mol. The number of fused-ring (bicyclic) bond motifs is 1. The van der Waals surface area contributed by atoms with Crippen LogP contribution in [0.1, 0.15) is 11.6 Å². The summed E-state index contributed by atoms with van der Waals surface area (Å²) in [5, 5.41) is 2.19. The number of rotatable bonds is 4. The van der Waals surface area contributed by atoms with E-state index in [-0.39, 0.29) is 5.91 Å². The van der Waals surface area contributed by atoms with E-state index >= 15 is 0 Å². The summed E-state index contributed by atoms with van der Waals surface area (Å²) in [5.74, 6) is -0.734. The lowest BCUT2D eigenvalue weighted by Crippen LogP contribution is -2.37. The monoisotopic (exact) mass is 512 g/mol. The average Bonchev–Trinajstić information content (AvgIpc) is 3.31. The molecule has 32 heavy (non-hydrogen) atoms. The molecule has 162 valence electrons. The van der Waals surface area contributed by atoms with Crippen LogP contribution < -0.4 is 14.7 Å². The van der Waals surface area contributed by atoms with Crippen LogP contribution in [0.5, 0.6) is 5.75 Å². The lowest BCUT2D eigenvalue weighted by Gasteiger charge is -2.29. The Kier molecular flexibility index (Phi) is 5.41. The fourth-order valence-electron chi connectivity index (χ4n) is 4.26. The van der Waals surface area contributed by atoms with Gasteiger partial charge in [0.1, 0.15) is 11.7 Å². The Bertz CT molecular complexity index is 1190. The average molecular weight is 514 g/mol. The number of carbonyl (C=O) groups is 2. The number of methoxy groups -OCH3 is 1. The molecule has 0 spiro atoms. The number of benzene rings is 3. The molecule has 3 atom stereocenters. The number of ether oxygens (including phenoxy) is 1. The van der Waals surface area contributed by atoms with Gasteiger partial charge in [0.2, 0.25) is 5.91 Å².